The van der Waals surface area contributed by atoms with Gasteiger partial charge in [0.15, 0.2) is 9.84 Å². The second-order valence-electron chi connectivity index (χ2n) is 6.10. The molecule has 10 heteroatoms. The number of sulfone groups is 1. The Hall–Kier alpha value is -2.44. The molecule has 2 aliphatic heterocycles. The van der Waals surface area contributed by atoms with E-state index >= 15 is 0 Å². The van der Waals surface area contributed by atoms with Crippen LogP contribution in [0.4, 0.5) is 5.69 Å². The lowest BCUT2D eigenvalue weighted by Gasteiger charge is -2.27. The van der Waals surface area contributed by atoms with E-state index in [-0.39, 0.29) is 41.0 Å². The number of nitriles is 1. The van der Waals surface area contributed by atoms with Gasteiger partial charge in [-0.25, -0.2) is 13.4 Å². The summed E-state index contributed by atoms with van der Waals surface area (Å²) in [6.07, 6.45) is 0.583. The van der Waals surface area contributed by atoms with Crippen molar-refractivity contribution in [2.45, 2.75) is 25.3 Å². The maximum atomic E-state index is 12.4. The molecule has 0 bridgehead atoms. The van der Waals surface area contributed by atoms with Crippen LogP contribution >= 0.6 is 11.6 Å². The summed E-state index contributed by atoms with van der Waals surface area (Å²) >= 11 is 5.94. The number of anilines is 1. The van der Waals surface area contributed by atoms with E-state index in [4.69, 9.17) is 16.9 Å². The highest BCUT2D eigenvalue weighted by Crippen LogP contribution is 2.23. The van der Waals surface area contributed by atoms with Gasteiger partial charge in [-0.3, -0.25) is 9.59 Å². The number of carbonyl (C=O) groups excluding carboxylic acids is 2. The van der Waals surface area contributed by atoms with E-state index in [0.29, 0.717) is 17.7 Å². The van der Waals surface area contributed by atoms with Crippen LogP contribution in [0.25, 0.3) is 0 Å². The zero-order valence-corrected chi connectivity index (χ0v) is 15.2. The van der Waals surface area contributed by atoms with E-state index in [0.717, 1.165) is 5.01 Å². The van der Waals surface area contributed by atoms with Crippen LogP contribution in [0.2, 0.25) is 5.02 Å². The number of hydrazone groups is 1. The first-order valence-electron chi connectivity index (χ1n) is 7.90. The number of amides is 2. The first-order valence-corrected chi connectivity index (χ1v) is 10.1. The first-order chi connectivity index (χ1) is 12.3. The van der Waals surface area contributed by atoms with Crippen LogP contribution in [0, 0.1) is 11.3 Å². The number of nitrogens with zero attached hydrogens (tertiary/aromatic N) is 3. The van der Waals surface area contributed by atoms with Crippen molar-refractivity contribution in [3.05, 3.63) is 28.8 Å². The Balaban J connectivity index is 1.76. The second kappa shape index (κ2) is 7.05. The van der Waals surface area contributed by atoms with Crippen molar-refractivity contribution in [2.24, 2.45) is 5.10 Å². The molecule has 1 fully saturated rings. The molecule has 1 aromatic carbocycles. The molecular weight excluding hydrogens is 380 g/mol. The molecule has 1 saturated heterocycles. The predicted molar refractivity (Wildman–Crippen MR) is 95.4 cm³/mol. The molecule has 2 amide bonds. The summed E-state index contributed by atoms with van der Waals surface area (Å²) in [5, 5.41) is 16.9. The average molecular weight is 395 g/mol. The van der Waals surface area contributed by atoms with Gasteiger partial charge >= 0.3 is 0 Å². The molecular formula is C16H15ClN4O4S. The molecule has 1 aromatic rings. The van der Waals surface area contributed by atoms with Gasteiger partial charge in [0, 0.05) is 18.5 Å². The number of hydrogen-bond donors (Lipinski definition) is 1. The maximum absolute atomic E-state index is 12.4. The largest absolute Gasteiger partial charge is 0.321 e. The lowest BCUT2D eigenvalue weighted by Crippen LogP contribution is -2.42. The van der Waals surface area contributed by atoms with Crippen LogP contribution in [-0.4, -0.2) is 48.5 Å². The number of hydrogen-bond acceptors (Lipinski definition) is 6. The standard InChI is InChI=1S/C16H15ClN4O4S/c17-13-7-11(2-1-10(13)8-18)19-16(23)14-3-4-15(22)21(20-14)12-5-6-26(24,25)9-12/h1-2,7,12H,3-6,9H2,(H,19,23). The summed E-state index contributed by atoms with van der Waals surface area (Å²) in [5.74, 6) is -0.904. The van der Waals surface area contributed by atoms with Gasteiger partial charge in [0.2, 0.25) is 5.91 Å². The van der Waals surface area contributed by atoms with Crippen molar-refractivity contribution in [3.63, 3.8) is 0 Å². The molecule has 8 nitrogen and oxygen atoms in total. The molecule has 0 radical (unpaired) electrons. The summed E-state index contributed by atoms with van der Waals surface area (Å²) in [6.45, 7) is 0. The van der Waals surface area contributed by atoms with Crippen molar-refractivity contribution in [1.29, 1.82) is 5.26 Å². The monoisotopic (exact) mass is 394 g/mol. The van der Waals surface area contributed by atoms with Crippen LogP contribution in [-0.2, 0) is 19.4 Å². The number of nitrogens with one attached hydrogen (secondary N) is 1. The summed E-state index contributed by atoms with van der Waals surface area (Å²) in [4.78, 5) is 24.5. The number of halogens is 1. The topological polar surface area (TPSA) is 120 Å². The van der Waals surface area contributed by atoms with E-state index in [1.807, 2.05) is 6.07 Å². The molecule has 2 heterocycles. The Morgan fingerprint density at radius 3 is 2.77 bits per heavy atom. The van der Waals surface area contributed by atoms with Crippen LogP contribution < -0.4 is 5.32 Å². The Labute approximate surface area is 155 Å². The van der Waals surface area contributed by atoms with Gasteiger partial charge in [0.1, 0.15) is 11.8 Å². The van der Waals surface area contributed by atoms with E-state index in [1.54, 1.807) is 0 Å². The normalized spacial score (nSPS) is 21.8. The lowest BCUT2D eigenvalue weighted by molar-refractivity contribution is -0.133. The molecule has 3 rings (SSSR count). The van der Waals surface area contributed by atoms with E-state index in [1.165, 1.54) is 18.2 Å². The lowest BCUT2D eigenvalue weighted by atomic mass is 10.1. The third-order valence-electron chi connectivity index (χ3n) is 4.22. The molecule has 1 atom stereocenters. The molecule has 136 valence electrons. The van der Waals surface area contributed by atoms with E-state index in [2.05, 4.69) is 10.4 Å². The minimum absolute atomic E-state index is 0.0161. The summed E-state index contributed by atoms with van der Waals surface area (Å²) in [6, 6.07) is 5.88. The highest BCUT2D eigenvalue weighted by molar-refractivity contribution is 7.91. The van der Waals surface area contributed by atoms with Gasteiger partial charge in [0.05, 0.1) is 28.1 Å². The number of rotatable bonds is 3. The molecule has 2 aliphatic rings. The molecule has 1 unspecified atom stereocenters. The van der Waals surface area contributed by atoms with Crippen LogP contribution in [0.15, 0.2) is 23.3 Å². The van der Waals surface area contributed by atoms with Gasteiger partial charge in [-0.05, 0) is 24.6 Å². The van der Waals surface area contributed by atoms with Gasteiger partial charge in [-0.15, -0.1) is 0 Å². The van der Waals surface area contributed by atoms with E-state index < -0.39 is 21.8 Å². The van der Waals surface area contributed by atoms with Crippen LogP contribution in [0.1, 0.15) is 24.8 Å². The quantitative estimate of drug-likeness (QED) is 0.828. The summed E-state index contributed by atoms with van der Waals surface area (Å²) in [5.41, 5.74) is 0.835. The fourth-order valence-corrected chi connectivity index (χ4v) is 4.79. The van der Waals surface area contributed by atoms with Crippen molar-refractivity contribution in [1.82, 2.24) is 5.01 Å². The van der Waals surface area contributed by atoms with Crippen molar-refractivity contribution < 1.29 is 18.0 Å². The van der Waals surface area contributed by atoms with E-state index in [9.17, 15) is 18.0 Å². The minimum Gasteiger partial charge on any atom is -0.321 e. The molecule has 0 saturated carbocycles. The minimum atomic E-state index is -3.17. The number of benzene rings is 1. The summed E-state index contributed by atoms with van der Waals surface area (Å²) in [7, 11) is -3.17. The van der Waals surface area contributed by atoms with Gasteiger partial charge in [-0.2, -0.15) is 10.4 Å². The molecule has 0 aliphatic carbocycles. The maximum Gasteiger partial charge on any atom is 0.271 e. The predicted octanol–water partition coefficient (Wildman–Crippen LogP) is 1.32. The highest BCUT2D eigenvalue weighted by Gasteiger charge is 2.37. The smallest absolute Gasteiger partial charge is 0.271 e. The van der Waals surface area contributed by atoms with Crippen molar-refractivity contribution in [2.75, 3.05) is 16.8 Å². The number of carbonyl (C=O) groups is 2. The van der Waals surface area contributed by atoms with Crippen LogP contribution in [0.3, 0.4) is 0 Å². The molecule has 26 heavy (non-hydrogen) atoms. The molecule has 0 spiro atoms. The fraction of sp³-hybridized carbons (Fsp3) is 0.375. The van der Waals surface area contributed by atoms with Gasteiger partial charge < -0.3 is 5.32 Å². The molecule has 1 N–H and O–H groups in total. The Bertz CT molecular complexity index is 951. The van der Waals surface area contributed by atoms with Crippen LogP contribution in [0.5, 0.6) is 0 Å². The summed E-state index contributed by atoms with van der Waals surface area (Å²) < 4.78 is 23.3. The first kappa shape index (κ1) is 18.4. The van der Waals surface area contributed by atoms with Crippen molar-refractivity contribution in [3.8, 4) is 6.07 Å². The molecule has 0 aromatic heterocycles. The Kier molecular flexibility index (Phi) is 4.98. The zero-order valence-electron chi connectivity index (χ0n) is 13.6. The zero-order chi connectivity index (χ0) is 18.9. The fourth-order valence-electron chi connectivity index (χ4n) is 2.87. The Morgan fingerprint density at radius 2 is 2.15 bits per heavy atom. The third-order valence-corrected chi connectivity index (χ3v) is 6.29. The highest BCUT2D eigenvalue weighted by atomic mass is 35.5. The SMILES string of the molecule is N#Cc1ccc(NC(=O)C2=NN(C3CCS(=O)(=O)C3)C(=O)CC2)cc1Cl. The van der Waals surface area contributed by atoms with Crippen molar-refractivity contribution >= 4 is 44.7 Å². The van der Waals surface area contributed by atoms with Gasteiger partial charge in [0.25, 0.3) is 5.91 Å². The Morgan fingerprint density at radius 1 is 1.38 bits per heavy atom. The van der Waals surface area contributed by atoms with Gasteiger partial charge in [-0.1, -0.05) is 11.6 Å². The second-order valence-corrected chi connectivity index (χ2v) is 8.74. The third kappa shape index (κ3) is 3.86. The average Bonchev–Trinajstić information content (AvgIpc) is 2.95.